The van der Waals surface area contributed by atoms with Crippen molar-refractivity contribution in [3.8, 4) is 10.8 Å². The highest BCUT2D eigenvalue weighted by Crippen LogP contribution is 2.31. The predicted octanol–water partition coefficient (Wildman–Crippen LogP) is 3.10. The molecule has 124 valence electrons. The maximum absolute atomic E-state index is 12.9. The quantitative estimate of drug-likeness (QED) is 0.901. The number of nitrogens with zero attached hydrogens (tertiary/aromatic N) is 2. The summed E-state index contributed by atoms with van der Waals surface area (Å²) >= 11 is 1.47. The van der Waals surface area contributed by atoms with Gasteiger partial charge in [-0.05, 0) is 44.9 Å². The van der Waals surface area contributed by atoms with Gasteiger partial charge in [-0.3, -0.25) is 4.79 Å². The summed E-state index contributed by atoms with van der Waals surface area (Å²) in [6.07, 6.45) is 3.25. The zero-order valence-electron chi connectivity index (χ0n) is 12.9. The van der Waals surface area contributed by atoms with Crippen LogP contribution < -0.4 is 5.32 Å². The number of halogens is 1. The summed E-state index contributed by atoms with van der Waals surface area (Å²) in [7, 11) is 0. The minimum atomic E-state index is 0. The lowest BCUT2D eigenvalue weighted by Crippen LogP contribution is -2.42. The van der Waals surface area contributed by atoms with Crippen molar-refractivity contribution in [1.29, 1.82) is 0 Å². The molecule has 0 saturated carbocycles. The lowest BCUT2D eigenvalue weighted by Gasteiger charge is -2.27. The van der Waals surface area contributed by atoms with Crippen molar-refractivity contribution in [2.24, 2.45) is 0 Å². The Balaban J connectivity index is 0.00000156. The molecule has 2 aromatic rings. The Morgan fingerprint density at radius 3 is 2.96 bits per heavy atom. The topological polar surface area (TPSA) is 58.4 Å². The fourth-order valence-electron chi connectivity index (χ4n) is 3.48. The van der Waals surface area contributed by atoms with Gasteiger partial charge in [0.1, 0.15) is 11.5 Å². The number of amides is 1. The van der Waals surface area contributed by atoms with Crippen LogP contribution in [0.15, 0.2) is 21.9 Å². The Bertz CT molecular complexity index is 685. The molecule has 2 fully saturated rings. The van der Waals surface area contributed by atoms with Gasteiger partial charge in [0.15, 0.2) is 10.8 Å². The van der Waals surface area contributed by atoms with Crippen molar-refractivity contribution in [3.05, 3.63) is 29.0 Å². The summed E-state index contributed by atoms with van der Waals surface area (Å²) < 4.78 is 5.60. The Morgan fingerprint density at radius 2 is 2.17 bits per heavy atom. The number of carbonyl (C=O) groups excluding carboxylic acids is 1. The molecule has 23 heavy (non-hydrogen) atoms. The van der Waals surface area contributed by atoms with Gasteiger partial charge in [0.25, 0.3) is 5.91 Å². The van der Waals surface area contributed by atoms with Gasteiger partial charge in [0, 0.05) is 24.0 Å². The van der Waals surface area contributed by atoms with Crippen LogP contribution in [-0.4, -0.2) is 41.0 Å². The first-order chi connectivity index (χ1) is 10.7. The first-order valence-corrected chi connectivity index (χ1v) is 8.66. The van der Waals surface area contributed by atoms with E-state index in [0.717, 1.165) is 48.9 Å². The number of nitrogens with one attached hydrogen (secondary N) is 1. The molecule has 1 amide bonds. The van der Waals surface area contributed by atoms with Gasteiger partial charge in [0.2, 0.25) is 0 Å². The smallest absolute Gasteiger partial charge is 0.273 e. The van der Waals surface area contributed by atoms with Gasteiger partial charge in [-0.25, -0.2) is 4.98 Å². The average molecular weight is 354 g/mol. The number of carbonyl (C=O) groups is 1. The standard InChI is InChI=1S/C16H19N3O2S.ClH/c1-10-2-5-14(21-10)15-18-13(9-22-15)16(20)19-11-3-4-12(19)8-17-7-6-11;/h2,5,9,11-12,17H,3-4,6-8H2,1H3;1H. The molecule has 5 nitrogen and oxygen atoms in total. The minimum Gasteiger partial charge on any atom is -0.459 e. The van der Waals surface area contributed by atoms with Gasteiger partial charge in [-0.15, -0.1) is 23.7 Å². The van der Waals surface area contributed by atoms with Crippen LogP contribution in [-0.2, 0) is 0 Å². The van der Waals surface area contributed by atoms with E-state index < -0.39 is 0 Å². The van der Waals surface area contributed by atoms with Gasteiger partial charge in [0.05, 0.1) is 0 Å². The summed E-state index contributed by atoms with van der Waals surface area (Å²) in [5.41, 5.74) is 0.549. The van der Waals surface area contributed by atoms with Gasteiger partial charge < -0.3 is 14.6 Å². The van der Waals surface area contributed by atoms with E-state index in [4.69, 9.17) is 4.42 Å². The molecule has 0 aliphatic carbocycles. The molecule has 0 spiro atoms. The molecular formula is C16H20ClN3O2S. The van der Waals surface area contributed by atoms with Crippen LogP contribution in [0.2, 0.25) is 0 Å². The molecule has 2 atom stereocenters. The van der Waals surface area contributed by atoms with Crippen molar-refractivity contribution in [1.82, 2.24) is 15.2 Å². The number of aromatic nitrogens is 1. The van der Waals surface area contributed by atoms with Crippen molar-refractivity contribution < 1.29 is 9.21 Å². The minimum absolute atomic E-state index is 0. The number of hydrogen-bond acceptors (Lipinski definition) is 5. The third-order valence-corrected chi connectivity index (χ3v) is 5.42. The van der Waals surface area contributed by atoms with E-state index in [0.29, 0.717) is 17.8 Å². The van der Waals surface area contributed by atoms with Crippen molar-refractivity contribution in [3.63, 3.8) is 0 Å². The second-order valence-electron chi connectivity index (χ2n) is 6.04. The molecule has 1 N–H and O–H groups in total. The first kappa shape index (κ1) is 16.5. The van der Waals surface area contributed by atoms with Crippen LogP contribution in [0.4, 0.5) is 0 Å². The van der Waals surface area contributed by atoms with E-state index in [2.05, 4.69) is 15.2 Å². The van der Waals surface area contributed by atoms with Crippen LogP contribution in [0, 0.1) is 6.92 Å². The number of hydrogen-bond donors (Lipinski definition) is 1. The summed E-state index contributed by atoms with van der Waals surface area (Å²) in [4.78, 5) is 19.4. The molecular weight excluding hydrogens is 334 g/mol. The van der Waals surface area contributed by atoms with Crippen LogP contribution in [0.25, 0.3) is 10.8 Å². The summed E-state index contributed by atoms with van der Waals surface area (Å²) in [5.74, 6) is 1.67. The SMILES string of the molecule is Cc1ccc(-c2nc(C(=O)N3C4CCNCC3CC4)cs2)o1.Cl. The molecule has 2 bridgehead atoms. The van der Waals surface area contributed by atoms with Crippen molar-refractivity contribution in [2.45, 2.75) is 38.3 Å². The zero-order valence-corrected chi connectivity index (χ0v) is 14.6. The summed E-state index contributed by atoms with van der Waals surface area (Å²) in [6, 6.07) is 4.50. The summed E-state index contributed by atoms with van der Waals surface area (Å²) in [6.45, 7) is 3.81. The molecule has 2 unspecified atom stereocenters. The second-order valence-corrected chi connectivity index (χ2v) is 6.90. The molecule has 4 rings (SSSR count). The van der Waals surface area contributed by atoms with Gasteiger partial charge >= 0.3 is 0 Å². The molecule has 4 heterocycles. The Kier molecular flexibility index (Phi) is 4.75. The number of rotatable bonds is 2. The maximum atomic E-state index is 12.9. The molecule has 2 aliphatic heterocycles. The van der Waals surface area contributed by atoms with E-state index in [1.54, 1.807) is 0 Å². The van der Waals surface area contributed by atoms with Gasteiger partial charge in [-0.2, -0.15) is 0 Å². The number of furan rings is 1. The third-order valence-electron chi connectivity index (χ3n) is 4.56. The van der Waals surface area contributed by atoms with Crippen LogP contribution in [0.5, 0.6) is 0 Å². The van der Waals surface area contributed by atoms with Gasteiger partial charge in [-0.1, -0.05) is 0 Å². The fraction of sp³-hybridized carbons (Fsp3) is 0.500. The monoisotopic (exact) mass is 353 g/mol. The molecule has 7 heteroatoms. The van der Waals surface area contributed by atoms with Crippen LogP contribution in [0.3, 0.4) is 0 Å². The lowest BCUT2D eigenvalue weighted by molar-refractivity contribution is 0.0675. The van der Waals surface area contributed by atoms with E-state index in [9.17, 15) is 4.79 Å². The summed E-state index contributed by atoms with van der Waals surface area (Å²) in [5, 5.41) is 6.05. The maximum Gasteiger partial charge on any atom is 0.273 e. The number of thiazole rings is 1. The Morgan fingerprint density at radius 1 is 1.35 bits per heavy atom. The van der Waals surface area contributed by atoms with Crippen molar-refractivity contribution >= 4 is 29.7 Å². The van der Waals surface area contributed by atoms with Crippen LogP contribution in [0.1, 0.15) is 35.5 Å². The van der Waals surface area contributed by atoms with Crippen molar-refractivity contribution in [2.75, 3.05) is 13.1 Å². The normalized spacial score (nSPS) is 23.4. The number of aryl methyl sites for hydroxylation is 1. The molecule has 2 aromatic heterocycles. The molecule has 0 aromatic carbocycles. The highest BCUT2D eigenvalue weighted by atomic mass is 35.5. The number of fused-ring (bicyclic) bond motifs is 2. The average Bonchev–Trinajstić information content (AvgIpc) is 3.16. The second kappa shape index (κ2) is 6.63. The first-order valence-electron chi connectivity index (χ1n) is 7.78. The Hall–Kier alpha value is -1.37. The fourth-order valence-corrected chi connectivity index (χ4v) is 4.23. The predicted molar refractivity (Wildman–Crippen MR) is 92.3 cm³/mol. The van der Waals surface area contributed by atoms with E-state index in [1.165, 1.54) is 11.3 Å². The van der Waals surface area contributed by atoms with E-state index in [-0.39, 0.29) is 18.3 Å². The third kappa shape index (κ3) is 3.03. The van der Waals surface area contributed by atoms with E-state index in [1.807, 2.05) is 24.4 Å². The lowest BCUT2D eigenvalue weighted by atomic mass is 10.1. The van der Waals surface area contributed by atoms with E-state index >= 15 is 0 Å². The highest BCUT2D eigenvalue weighted by Gasteiger charge is 2.39. The molecule has 2 aliphatic rings. The molecule has 2 saturated heterocycles. The highest BCUT2D eigenvalue weighted by molar-refractivity contribution is 7.13. The largest absolute Gasteiger partial charge is 0.459 e. The zero-order chi connectivity index (χ0) is 15.1. The molecule has 0 radical (unpaired) electrons. The Labute approximate surface area is 145 Å². The van der Waals surface area contributed by atoms with Crippen LogP contribution >= 0.6 is 23.7 Å².